The van der Waals surface area contributed by atoms with Gasteiger partial charge in [0, 0.05) is 36.1 Å². The van der Waals surface area contributed by atoms with Crippen molar-refractivity contribution in [2.75, 3.05) is 31.7 Å². The summed E-state index contributed by atoms with van der Waals surface area (Å²) >= 11 is 1.82. The minimum absolute atomic E-state index is 0.0416. The molecule has 1 aromatic carbocycles. The first-order valence-electron chi connectivity index (χ1n) is 8.49. The van der Waals surface area contributed by atoms with Gasteiger partial charge in [0.05, 0.1) is 0 Å². The number of benzene rings is 1. The van der Waals surface area contributed by atoms with Crippen molar-refractivity contribution in [3.8, 4) is 0 Å². The molecule has 126 valence electrons. The molecule has 2 aliphatic rings. The van der Waals surface area contributed by atoms with Gasteiger partial charge < -0.3 is 10.2 Å². The zero-order valence-corrected chi connectivity index (χ0v) is 15.1. The highest BCUT2D eigenvalue weighted by Gasteiger charge is 2.35. The van der Waals surface area contributed by atoms with Gasteiger partial charge in [0.2, 0.25) is 0 Å². The van der Waals surface area contributed by atoms with Crippen LogP contribution in [0.3, 0.4) is 0 Å². The smallest absolute Gasteiger partial charge is 0.321 e. The van der Waals surface area contributed by atoms with Crippen molar-refractivity contribution in [1.29, 1.82) is 0 Å². The van der Waals surface area contributed by atoms with Crippen LogP contribution in [0.4, 0.5) is 10.5 Å². The van der Waals surface area contributed by atoms with Gasteiger partial charge in [-0.25, -0.2) is 4.79 Å². The number of amides is 2. The van der Waals surface area contributed by atoms with Crippen molar-refractivity contribution in [2.24, 2.45) is 0 Å². The van der Waals surface area contributed by atoms with Gasteiger partial charge in [0.15, 0.2) is 0 Å². The Morgan fingerprint density at radius 1 is 1.30 bits per heavy atom. The molecule has 2 amide bonds. The topological polar surface area (TPSA) is 35.6 Å². The molecular weight excluding hydrogens is 306 g/mol. The molecule has 0 radical (unpaired) electrons. The van der Waals surface area contributed by atoms with Gasteiger partial charge in [-0.05, 0) is 57.2 Å². The minimum atomic E-state index is 0.0416. The molecule has 3 rings (SSSR count). The number of nitrogens with zero attached hydrogens (tertiary/aromatic N) is 2. The van der Waals surface area contributed by atoms with Crippen LogP contribution in [0.1, 0.15) is 37.0 Å². The lowest BCUT2D eigenvalue weighted by molar-refractivity contribution is 0.200. The fourth-order valence-electron chi connectivity index (χ4n) is 3.70. The first kappa shape index (κ1) is 16.7. The summed E-state index contributed by atoms with van der Waals surface area (Å²) in [7, 11) is 2.21. The van der Waals surface area contributed by atoms with Crippen molar-refractivity contribution >= 4 is 23.5 Å². The molecule has 0 saturated carbocycles. The summed E-state index contributed by atoms with van der Waals surface area (Å²) in [5.74, 6) is 0. The van der Waals surface area contributed by atoms with E-state index in [0.29, 0.717) is 17.3 Å². The molecule has 5 heteroatoms. The summed E-state index contributed by atoms with van der Waals surface area (Å²) in [6.07, 6.45) is 5.69. The second-order valence-electron chi connectivity index (χ2n) is 6.72. The van der Waals surface area contributed by atoms with Gasteiger partial charge in [0.1, 0.15) is 0 Å². The van der Waals surface area contributed by atoms with E-state index in [1.807, 2.05) is 28.8 Å². The molecule has 0 spiro atoms. The number of likely N-dealkylation sites (N-methyl/N-ethyl adjacent to an activating group) is 1. The summed E-state index contributed by atoms with van der Waals surface area (Å²) < 4.78 is 0. The van der Waals surface area contributed by atoms with Crippen LogP contribution in [0.5, 0.6) is 0 Å². The van der Waals surface area contributed by atoms with E-state index in [0.717, 1.165) is 25.2 Å². The standard InChI is InChI=1S/C18H27N3OS/c1-13(23-3)14-5-4-6-15(11-14)19-18(22)21-10-9-16-7-8-17(12-21)20(16)2/h4-6,11,13,16-17H,7-10,12H2,1-3H3,(H,19,22)/t13-,16+,17-/m0/s1. The third-order valence-electron chi connectivity index (χ3n) is 5.40. The SMILES string of the molecule is CS[C@@H](C)c1cccc(NC(=O)N2CC[C@H]3CC[C@@H](C2)N3C)c1. The average molecular weight is 334 g/mol. The Labute approximate surface area is 143 Å². The largest absolute Gasteiger partial charge is 0.323 e. The number of hydrogen-bond donors (Lipinski definition) is 1. The van der Waals surface area contributed by atoms with E-state index in [9.17, 15) is 4.79 Å². The summed E-state index contributed by atoms with van der Waals surface area (Å²) in [4.78, 5) is 17.1. The van der Waals surface area contributed by atoms with E-state index in [2.05, 4.69) is 42.6 Å². The molecule has 1 aromatic rings. The van der Waals surface area contributed by atoms with E-state index in [4.69, 9.17) is 0 Å². The lowest BCUT2D eigenvalue weighted by atomic mass is 10.1. The molecule has 23 heavy (non-hydrogen) atoms. The van der Waals surface area contributed by atoms with E-state index in [1.165, 1.54) is 18.4 Å². The molecule has 4 nitrogen and oxygen atoms in total. The molecular formula is C18H27N3OS. The van der Waals surface area contributed by atoms with E-state index in [1.54, 1.807) is 0 Å². The van der Waals surface area contributed by atoms with Gasteiger partial charge in [0.25, 0.3) is 0 Å². The van der Waals surface area contributed by atoms with Gasteiger partial charge in [-0.15, -0.1) is 0 Å². The molecule has 2 aliphatic heterocycles. The maximum atomic E-state index is 12.6. The number of carbonyl (C=O) groups is 1. The van der Waals surface area contributed by atoms with Crippen LogP contribution < -0.4 is 5.32 Å². The fraction of sp³-hybridized carbons (Fsp3) is 0.611. The number of likely N-dealkylation sites (tertiary alicyclic amines) is 1. The third kappa shape index (κ3) is 3.66. The first-order valence-corrected chi connectivity index (χ1v) is 9.78. The number of thioether (sulfide) groups is 1. The predicted octanol–water partition coefficient (Wildman–Crippen LogP) is 3.81. The summed E-state index contributed by atoms with van der Waals surface area (Å²) in [6.45, 7) is 3.89. The zero-order chi connectivity index (χ0) is 16.4. The Morgan fingerprint density at radius 3 is 2.87 bits per heavy atom. The highest BCUT2D eigenvalue weighted by molar-refractivity contribution is 7.98. The molecule has 0 aromatic heterocycles. The van der Waals surface area contributed by atoms with Crippen molar-refractivity contribution in [3.05, 3.63) is 29.8 Å². The maximum Gasteiger partial charge on any atom is 0.321 e. The summed E-state index contributed by atoms with van der Waals surface area (Å²) in [6, 6.07) is 9.44. The molecule has 1 N–H and O–H groups in total. The third-order valence-corrected chi connectivity index (χ3v) is 6.38. The molecule has 3 atom stereocenters. The van der Waals surface area contributed by atoms with Crippen LogP contribution in [-0.4, -0.2) is 54.3 Å². The number of anilines is 1. The van der Waals surface area contributed by atoms with Gasteiger partial charge >= 0.3 is 6.03 Å². The maximum absolute atomic E-state index is 12.6. The minimum Gasteiger partial charge on any atom is -0.323 e. The van der Waals surface area contributed by atoms with Crippen molar-refractivity contribution in [1.82, 2.24) is 9.80 Å². The zero-order valence-electron chi connectivity index (χ0n) is 14.3. The number of nitrogens with one attached hydrogen (secondary N) is 1. The fourth-order valence-corrected chi connectivity index (χ4v) is 4.12. The second-order valence-corrected chi connectivity index (χ2v) is 7.90. The number of carbonyl (C=O) groups excluding carboxylic acids is 1. The number of fused-ring (bicyclic) bond motifs is 2. The van der Waals surface area contributed by atoms with E-state index in [-0.39, 0.29) is 6.03 Å². The number of hydrogen-bond acceptors (Lipinski definition) is 3. The quantitative estimate of drug-likeness (QED) is 0.913. The highest BCUT2D eigenvalue weighted by Crippen LogP contribution is 2.29. The molecule has 0 aliphatic carbocycles. The first-order chi connectivity index (χ1) is 11.1. The second kappa shape index (κ2) is 7.14. The molecule has 2 heterocycles. The average Bonchev–Trinajstić information content (AvgIpc) is 2.79. The summed E-state index contributed by atoms with van der Waals surface area (Å²) in [5.41, 5.74) is 2.15. The lowest BCUT2D eigenvalue weighted by Crippen LogP contribution is -2.41. The lowest BCUT2D eigenvalue weighted by Gasteiger charge is -2.26. The van der Waals surface area contributed by atoms with Gasteiger partial charge in [-0.1, -0.05) is 12.1 Å². The van der Waals surface area contributed by atoms with Gasteiger partial charge in [-0.2, -0.15) is 11.8 Å². The van der Waals surface area contributed by atoms with E-state index >= 15 is 0 Å². The van der Waals surface area contributed by atoms with Crippen molar-refractivity contribution in [3.63, 3.8) is 0 Å². The van der Waals surface area contributed by atoms with Crippen LogP contribution in [0.25, 0.3) is 0 Å². The number of rotatable bonds is 3. The van der Waals surface area contributed by atoms with Crippen molar-refractivity contribution in [2.45, 2.75) is 43.5 Å². The molecule has 2 fully saturated rings. The van der Waals surface area contributed by atoms with Crippen LogP contribution in [0, 0.1) is 0 Å². The Morgan fingerprint density at radius 2 is 2.09 bits per heavy atom. The van der Waals surface area contributed by atoms with Crippen LogP contribution in [-0.2, 0) is 0 Å². The van der Waals surface area contributed by atoms with Crippen LogP contribution >= 0.6 is 11.8 Å². The Balaban J connectivity index is 1.65. The van der Waals surface area contributed by atoms with E-state index < -0.39 is 0 Å². The van der Waals surface area contributed by atoms with Crippen LogP contribution in [0.2, 0.25) is 0 Å². The number of urea groups is 1. The monoisotopic (exact) mass is 333 g/mol. The Hall–Kier alpha value is -1.20. The molecule has 2 bridgehead atoms. The highest BCUT2D eigenvalue weighted by atomic mass is 32.2. The Kier molecular flexibility index (Phi) is 5.17. The predicted molar refractivity (Wildman–Crippen MR) is 98.2 cm³/mol. The Bertz CT molecular complexity index is 565. The molecule has 0 unspecified atom stereocenters. The van der Waals surface area contributed by atoms with Crippen LogP contribution in [0.15, 0.2) is 24.3 Å². The summed E-state index contributed by atoms with van der Waals surface area (Å²) in [5, 5.41) is 3.53. The molecule has 2 saturated heterocycles. The van der Waals surface area contributed by atoms with Crippen molar-refractivity contribution < 1.29 is 4.79 Å². The van der Waals surface area contributed by atoms with Gasteiger partial charge in [-0.3, -0.25) is 4.90 Å². The normalized spacial score (nSPS) is 26.0.